The van der Waals surface area contributed by atoms with E-state index in [9.17, 15) is 19.8 Å². The number of Topliss-reactive ketones (excluding diaryl/α,β-unsaturated/α-hetero) is 1. The van der Waals surface area contributed by atoms with E-state index in [0.29, 0.717) is 24.4 Å². The highest BCUT2D eigenvalue weighted by Crippen LogP contribution is 2.33. The number of nitrogens with two attached hydrogens (primary N) is 1. The predicted octanol–water partition coefficient (Wildman–Crippen LogP) is 2.86. The van der Waals surface area contributed by atoms with E-state index in [1.165, 1.54) is 45.3 Å². The molecule has 0 aromatic carbocycles. The second kappa shape index (κ2) is 16.4. The quantitative estimate of drug-likeness (QED) is 0.174. The topological polar surface area (TPSA) is 172 Å². The lowest BCUT2D eigenvalue weighted by Crippen LogP contribution is -2.36. The molecule has 2 aromatic rings. The molecule has 0 radical (unpaired) electrons. The number of aliphatic hydroxyl groups is 2. The number of nitrogens with zero attached hydrogens (tertiary/aromatic N) is 4. The Morgan fingerprint density at radius 3 is 2.26 bits per heavy atom. The Labute approximate surface area is 229 Å². The summed E-state index contributed by atoms with van der Waals surface area (Å²) in [7, 11) is 0. The maximum Gasteiger partial charge on any atom is 0.306 e. The molecule has 1 fully saturated rings. The monoisotopic (exact) mass is 549 g/mol. The molecule has 3 heterocycles. The molecule has 0 unspecified atom stereocenters. The van der Waals surface area contributed by atoms with Gasteiger partial charge in [0.25, 0.3) is 0 Å². The van der Waals surface area contributed by atoms with Crippen LogP contribution in [0.25, 0.3) is 11.2 Å². The molecule has 218 valence electrons. The van der Waals surface area contributed by atoms with Crippen molar-refractivity contribution in [1.29, 1.82) is 0 Å². The molecule has 4 N–H and O–H groups in total. The van der Waals surface area contributed by atoms with Crippen molar-refractivity contribution in [3.05, 3.63) is 12.7 Å². The second-order valence-corrected chi connectivity index (χ2v) is 10.1. The highest BCUT2D eigenvalue weighted by atomic mass is 16.6. The van der Waals surface area contributed by atoms with Crippen LogP contribution in [0.15, 0.2) is 12.7 Å². The molecule has 1 aliphatic heterocycles. The predicted molar refractivity (Wildman–Crippen MR) is 144 cm³/mol. The number of fused-ring (bicyclic) bond motifs is 1. The molecule has 12 heteroatoms. The summed E-state index contributed by atoms with van der Waals surface area (Å²) < 4.78 is 18.5. The SMILES string of the molecule is CC(=O)CCC(=O)OCCCCCCCCCCCCO[C@H]1[C@@H](O)[C@H](n2cnc3c(N)ncnc32)O[C@@H]1CO. The molecule has 1 aliphatic rings. The maximum absolute atomic E-state index is 11.4. The first-order valence-electron chi connectivity index (χ1n) is 14.1. The van der Waals surface area contributed by atoms with Gasteiger partial charge in [0.05, 0.1) is 26.0 Å². The summed E-state index contributed by atoms with van der Waals surface area (Å²) in [6, 6.07) is 0. The molecule has 2 aromatic heterocycles. The summed E-state index contributed by atoms with van der Waals surface area (Å²) in [5.41, 5.74) is 6.73. The normalized spacial score (nSPS) is 21.0. The number of carbonyl (C=O) groups is 2. The summed E-state index contributed by atoms with van der Waals surface area (Å²) in [5.74, 6) is -0.0326. The minimum absolute atomic E-state index is 0.00744. The molecule has 0 bridgehead atoms. The van der Waals surface area contributed by atoms with E-state index in [1.807, 2.05) is 0 Å². The van der Waals surface area contributed by atoms with Gasteiger partial charge in [-0.05, 0) is 19.8 Å². The number of esters is 1. The molecule has 12 nitrogen and oxygen atoms in total. The molecule has 1 saturated heterocycles. The highest BCUT2D eigenvalue weighted by Gasteiger charge is 2.45. The van der Waals surface area contributed by atoms with Crippen molar-refractivity contribution >= 4 is 28.7 Å². The zero-order chi connectivity index (χ0) is 28.0. The summed E-state index contributed by atoms with van der Waals surface area (Å²) in [5, 5.41) is 20.7. The Hall–Kier alpha value is -2.67. The average Bonchev–Trinajstić information content (AvgIpc) is 3.49. The summed E-state index contributed by atoms with van der Waals surface area (Å²) in [6.45, 7) is 2.12. The van der Waals surface area contributed by atoms with Crippen molar-refractivity contribution < 1.29 is 34.0 Å². The largest absolute Gasteiger partial charge is 0.466 e. The molecule has 39 heavy (non-hydrogen) atoms. The van der Waals surface area contributed by atoms with Gasteiger partial charge < -0.3 is 35.0 Å². The summed E-state index contributed by atoms with van der Waals surface area (Å²) in [6.07, 6.45) is 11.0. The van der Waals surface area contributed by atoms with Gasteiger partial charge in [0, 0.05) is 13.0 Å². The number of hydrogen-bond donors (Lipinski definition) is 3. The number of anilines is 1. The average molecular weight is 550 g/mol. The number of unbranched alkanes of at least 4 members (excludes halogenated alkanes) is 9. The first-order chi connectivity index (χ1) is 18.9. The van der Waals surface area contributed by atoms with E-state index in [0.717, 1.165) is 38.5 Å². The third kappa shape index (κ3) is 9.48. The molecule has 0 spiro atoms. The van der Waals surface area contributed by atoms with Crippen LogP contribution in [0.4, 0.5) is 5.82 Å². The van der Waals surface area contributed by atoms with Gasteiger partial charge in [-0.2, -0.15) is 0 Å². The molecule has 0 saturated carbocycles. The number of aromatic nitrogens is 4. The zero-order valence-corrected chi connectivity index (χ0v) is 22.9. The summed E-state index contributed by atoms with van der Waals surface area (Å²) in [4.78, 5) is 34.7. The van der Waals surface area contributed by atoms with Crippen LogP contribution in [-0.4, -0.2) is 79.6 Å². The van der Waals surface area contributed by atoms with Crippen LogP contribution >= 0.6 is 0 Å². The van der Waals surface area contributed by atoms with Gasteiger partial charge in [0.15, 0.2) is 17.7 Å². The van der Waals surface area contributed by atoms with Crippen molar-refractivity contribution in [3.63, 3.8) is 0 Å². The van der Waals surface area contributed by atoms with Crippen LogP contribution in [0, 0.1) is 0 Å². The third-order valence-electron chi connectivity index (χ3n) is 6.94. The van der Waals surface area contributed by atoms with E-state index < -0.39 is 24.5 Å². The Morgan fingerprint density at radius 1 is 0.974 bits per heavy atom. The van der Waals surface area contributed by atoms with E-state index in [2.05, 4.69) is 15.0 Å². The molecular formula is C27H43N5O7. The Kier molecular flexibility index (Phi) is 13.0. The lowest BCUT2D eigenvalue weighted by atomic mass is 10.1. The number of nitrogen functional groups attached to an aromatic ring is 1. The summed E-state index contributed by atoms with van der Waals surface area (Å²) >= 11 is 0. The lowest BCUT2D eigenvalue weighted by Gasteiger charge is -2.20. The molecule has 0 aliphatic carbocycles. The fourth-order valence-corrected chi connectivity index (χ4v) is 4.73. The number of carbonyl (C=O) groups excluding carboxylic acids is 2. The number of hydrogen-bond acceptors (Lipinski definition) is 11. The number of imidazole rings is 1. The molecule has 0 amide bonds. The maximum atomic E-state index is 11.4. The Morgan fingerprint density at radius 2 is 1.62 bits per heavy atom. The van der Waals surface area contributed by atoms with Gasteiger partial charge in [-0.15, -0.1) is 0 Å². The molecular weight excluding hydrogens is 506 g/mol. The minimum Gasteiger partial charge on any atom is -0.466 e. The zero-order valence-electron chi connectivity index (χ0n) is 22.9. The van der Waals surface area contributed by atoms with Crippen molar-refractivity contribution in [1.82, 2.24) is 19.5 Å². The van der Waals surface area contributed by atoms with Crippen molar-refractivity contribution in [2.45, 2.75) is 109 Å². The Bertz CT molecular complexity index is 1030. The van der Waals surface area contributed by atoms with Gasteiger partial charge in [-0.3, -0.25) is 9.36 Å². The van der Waals surface area contributed by atoms with Gasteiger partial charge in [0.1, 0.15) is 35.9 Å². The molecule has 4 atom stereocenters. The van der Waals surface area contributed by atoms with Crippen molar-refractivity contribution in [2.75, 3.05) is 25.6 Å². The minimum atomic E-state index is -0.991. The number of aliphatic hydroxyl groups excluding tert-OH is 2. The molecule has 3 rings (SSSR count). The van der Waals surface area contributed by atoms with Gasteiger partial charge in [-0.1, -0.05) is 51.4 Å². The van der Waals surface area contributed by atoms with E-state index in [4.69, 9.17) is 19.9 Å². The fraction of sp³-hybridized carbons (Fsp3) is 0.741. The van der Waals surface area contributed by atoms with Gasteiger partial charge in [-0.25, -0.2) is 15.0 Å². The van der Waals surface area contributed by atoms with E-state index in [-0.39, 0.29) is 37.0 Å². The van der Waals surface area contributed by atoms with Crippen LogP contribution in [0.5, 0.6) is 0 Å². The number of ether oxygens (including phenoxy) is 3. The van der Waals surface area contributed by atoms with Crippen LogP contribution in [0.2, 0.25) is 0 Å². The van der Waals surface area contributed by atoms with E-state index in [1.54, 1.807) is 4.57 Å². The standard InChI is InChI=1S/C27H43N5O7/c1-19(34)12-13-21(35)37-14-10-8-6-4-2-3-5-7-9-11-15-38-24-20(16-33)39-27(23(24)36)32-18-31-22-25(28)29-17-30-26(22)32/h17-18,20,23-24,27,33,36H,2-16H2,1H3,(H2,28,29,30)/t20-,23-,24-,27-/m1/s1. The van der Waals surface area contributed by atoms with Crippen LogP contribution in [0.1, 0.15) is 90.2 Å². The highest BCUT2D eigenvalue weighted by molar-refractivity contribution is 5.81. The fourth-order valence-electron chi connectivity index (χ4n) is 4.73. The first kappa shape index (κ1) is 30.9. The second-order valence-electron chi connectivity index (χ2n) is 10.1. The third-order valence-corrected chi connectivity index (χ3v) is 6.94. The van der Waals surface area contributed by atoms with Crippen molar-refractivity contribution in [2.24, 2.45) is 0 Å². The van der Waals surface area contributed by atoms with E-state index >= 15 is 0 Å². The smallest absolute Gasteiger partial charge is 0.306 e. The van der Waals surface area contributed by atoms with Crippen LogP contribution < -0.4 is 5.73 Å². The van der Waals surface area contributed by atoms with Crippen molar-refractivity contribution in [3.8, 4) is 0 Å². The van der Waals surface area contributed by atoms with Gasteiger partial charge >= 0.3 is 5.97 Å². The number of rotatable bonds is 19. The van der Waals surface area contributed by atoms with Crippen LogP contribution in [0.3, 0.4) is 0 Å². The number of ketones is 1. The van der Waals surface area contributed by atoms with Crippen LogP contribution in [-0.2, 0) is 23.8 Å². The lowest BCUT2D eigenvalue weighted by molar-refractivity contribution is -0.144. The Balaban J connectivity index is 1.21. The first-order valence-corrected chi connectivity index (χ1v) is 14.1. The van der Waals surface area contributed by atoms with Gasteiger partial charge in [0.2, 0.25) is 0 Å².